The van der Waals surface area contributed by atoms with Gasteiger partial charge < -0.3 is 10.2 Å². The van der Waals surface area contributed by atoms with E-state index in [1.54, 1.807) is 23.3 Å². The molecule has 0 saturated heterocycles. The SMILES string of the molecule is CNCCN(C)C(=O)c1csc(CC(C)C)n1.Cl.Cl. The van der Waals surface area contributed by atoms with Crippen LogP contribution in [0.1, 0.15) is 29.3 Å². The molecule has 19 heavy (non-hydrogen) atoms. The number of carbonyl (C=O) groups excluding carboxylic acids is 1. The molecule has 0 atom stereocenters. The first kappa shape index (κ1) is 20.9. The number of halogens is 2. The van der Waals surface area contributed by atoms with Gasteiger partial charge in [0.1, 0.15) is 5.69 Å². The Bertz CT molecular complexity index is 372. The van der Waals surface area contributed by atoms with Crippen molar-refractivity contribution in [1.29, 1.82) is 0 Å². The lowest BCUT2D eigenvalue weighted by Gasteiger charge is -2.15. The maximum Gasteiger partial charge on any atom is 0.273 e. The van der Waals surface area contributed by atoms with Crippen molar-refractivity contribution in [2.75, 3.05) is 27.2 Å². The lowest BCUT2D eigenvalue weighted by Crippen LogP contribution is -2.32. The molecule has 4 nitrogen and oxygen atoms in total. The van der Waals surface area contributed by atoms with Crippen molar-refractivity contribution in [2.24, 2.45) is 5.92 Å². The molecule has 112 valence electrons. The van der Waals surface area contributed by atoms with Gasteiger partial charge in [-0.3, -0.25) is 4.79 Å². The van der Waals surface area contributed by atoms with Gasteiger partial charge in [0.25, 0.3) is 5.91 Å². The van der Waals surface area contributed by atoms with Crippen LogP contribution in [-0.2, 0) is 6.42 Å². The Hall–Kier alpha value is -0.360. The van der Waals surface area contributed by atoms with Crippen LogP contribution < -0.4 is 5.32 Å². The fourth-order valence-electron chi connectivity index (χ4n) is 1.43. The Kier molecular flexibility index (Phi) is 11.5. The summed E-state index contributed by atoms with van der Waals surface area (Å²) in [6.45, 7) is 5.81. The minimum Gasteiger partial charge on any atom is -0.339 e. The summed E-state index contributed by atoms with van der Waals surface area (Å²) >= 11 is 1.57. The third kappa shape index (κ3) is 7.11. The molecule has 0 aromatic carbocycles. The van der Waals surface area contributed by atoms with Crippen molar-refractivity contribution >= 4 is 42.1 Å². The van der Waals surface area contributed by atoms with E-state index in [9.17, 15) is 4.79 Å². The van der Waals surface area contributed by atoms with Gasteiger partial charge in [0.2, 0.25) is 0 Å². The highest BCUT2D eigenvalue weighted by atomic mass is 35.5. The average molecular weight is 328 g/mol. The number of carbonyl (C=O) groups is 1. The summed E-state index contributed by atoms with van der Waals surface area (Å²) in [5, 5.41) is 5.93. The average Bonchev–Trinajstić information content (AvgIpc) is 2.72. The molecule has 0 unspecified atom stereocenters. The van der Waals surface area contributed by atoms with E-state index >= 15 is 0 Å². The quantitative estimate of drug-likeness (QED) is 0.873. The topological polar surface area (TPSA) is 45.2 Å². The van der Waals surface area contributed by atoms with Gasteiger partial charge in [0, 0.05) is 31.9 Å². The van der Waals surface area contributed by atoms with Crippen molar-refractivity contribution in [1.82, 2.24) is 15.2 Å². The number of aromatic nitrogens is 1. The second-order valence-corrected chi connectivity index (χ2v) is 5.50. The van der Waals surface area contributed by atoms with E-state index in [0.29, 0.717) is 18.2 Å². The zero-order valence-corrected chi connectivity index (χ0v) is 14.3. The predicted octanol–water partition coefficient (Wildman–Crippen LogP) is 2.48. The molecule has 1 aromatic heterocycles. The third-order valence-corrected chi connectivity index (χ3v) is 3.27. The lowest BCUT2D eigenvalue weighted by molar-refractivity contribution is 0.0791. The van der Waals surface area contributed by atoms with Crippen LogP contribution in [-0.4, -0.2) is 43.0 Å². The second kappa shape index (κ2) is 10.4. The van der Waals surface area contributed by atoms with Crippen molar-refractivity contribution < 1.29 is 4.79 Å². The Balaban J connectivity index is 0. The monoisotopic (exact) mass is 327 g/mol. The van der Waals surface area contributed by atoms with E-state index in [-0.39, 0.29) is 30.7 Å². The number of rotatable bonds is 6. The summed E-state index contributed by atoms with van der Waals surface area (Å²) in [4.78, 5) is 18.1. The second-order valence-electron chi connectivity index (χ2n) is 4.55. The van der Waals surface area contributed by atoms with Gasteiger partial charge in [-0.05, 0) is 13.0 Å². The van der Waals surface area contributed by atoms with Gasteiger partial charge in [-0.2, -0.15) is 0 Å². The number of hydrogen-bond donors (Lipinski definition) is 1. The first-order chi connectivity index (χ1) is 8.04. The molecule has 0 aliphatic carbocycles. The van der Waals surface area contributed by atoms with Crippen LogP contribution in [0.15, 0.2) is 5.38 Å². The molecular weight excluding hydrogens is 305 g/mol. The Morgan fingerprint density at radius 3 is 2.63 bits per heavy atom. The van der Waals surface area contributed by atoms with Crippen LogP contribution in [0.2, 0.25) is 0 Å². The smallest absolute Gasteiger partial charge is 0.273 e. The molecule has 1 aromatic rings. The summed E-state index contributed by atoms with van der Waals surface area (Å²) in [6.07, 6.45) is 0.943. The van der Waals surface area contributed by atoms with Crippen LogP contribution in [0.25, 0.3) is 0 Å². The van der Waals surface area contributed by atoms with Gasteiger partial charge in [-0.1, -0.05) is 13.8 Å². The van der Waals surface area contributed by atoms with E-state index in [2.05, 4.69) is 24.1 Å². The Labute approximate surface area is 131 Å². The molecule has 0 saturated carbocycles. The number of nitrogens with zero attached hydrogens (tertiary/aromatic N) is 2. The summed E-state index contributed by atoms with van der Waals surface area (Å²) in [7, 11) is 3.68. The van der Waals surface area contributed by atoms with Crippen molar-refractivity contribution in [2.45, 2.75) is 20.3 Å². The van der Waals surface area contributed by atoms with E-state index in [1.807, 2.05) is 12.4 Å². The molecule has 1 N–H and O–H groups in total. The highest BCUT2D eigenvalue weighted by Crippen LogP contribution is 2.15. The number of nitrogens with one attached hydrogen (secondary N) is 1. The first-order valence-electron chi connectivity index (χ1n) is 5.89. The highest BCUT2D eigenvalue weighted by molar-refractivity contribution is 7.09. The molecule has 0 spiro atoms. The van der Waals surface area contributed by atoms with Crippen molar-refractivity contribution in [3.05, 3.63) is 16.1 Å². The van der Waals surface area contributed by atoms with E-state index in [4.69, 9.17) is 0 Å². The maximum absolute atomic E-state index is 12.0. The minimum absolute atomic E-state index is 0. The van der Waals surface area contributed by atoms with Gasteiger partial charge in [0.05, 0.1) is 5.01 Å². The van der Waals surface area contributed by atoms with Gasteiger partial charge in [-0.15, -0.1) is 36.2 Å². The van der Waals surface area contributed by atoms with E-state index in [1.165, 1.54) is 0 Å². The van der Waals surface area contributed by atoms with Gasteiger partial charge in [0.15, 0.2) is 0 Å². The minimum atomic E-state index is 0. The molecular formula is C12H23Cl2N3OS. The molecule has 0 radical (unpaired) electrons. The normalized spacial score (nSPS) is 9.74. The molecule has 7 heteroatoms. The lowest BCUT2D eigenvalue weighted by atomic mass is 10.1. The van der Waals surface area contributed by atoms with Crippen molar-refractivity contribution in [3.8, 4) is 0 Å². The summed E-state index contributed by atoms with van der Waals surface area (Å²) in [6, 6.07) is 0. The molecule has 0 aliphatic rings. The van der Waals surface area contributed by atoms with Crippen molar-refractivity contribution in [3.63, 3.8) is 0 Å². The summed E-state index contributed by atoms with van der Waals surface area (Å²) in [5.74, 6) is 0.581. The van der Waals surface area contributed by atoms with E-state index < -0.39 is 0 Å². The van der Waals surface area contributed by atoms with Crippen LogP contribution >= 0.6 is 36.2 Å². The molecule has 1 heterocycles. The number of amides is 1. The zero-order valence-electron chi connectivity index (χ0n) is 11.8. The molecule has 1 amide bonds. The zero-order chi connectivity index (χ0) is 12.8. The standard InChI is InChI=1S/C12H21N3OS.2ClH/c1-9(2)7-11-14-10(8-17-11)12(16)15(4)6-5-13-3;;/h8-9,13H,5-7H2,1-4H3;2*1H. The first-order valence-corrected chi connectivity index (χ1v) is 6.77. The van der Waals surface area contributed by atoms with Crippen LogP contribution in [0.4, 0.5) is 0 Å². The summed E-state index contributed by atoms with van der Waals surface area (Å²) < 4.78 is 0. The molecule has 0 fully saturated rings. The summed E-state index contributed by atoms with van der Waals surface area (Å²) in [5.41, 5.74) is 0.573. The molecule has 1 rings (SSSR count). The number of thiazole rings is 1. The molecule has 0 bridgehead atoms. The number of likely N-dealkylation sites (N-methyl/N-ethyl adjacent to an activating group) is 2. The van der Waals surface area contributed by atoms with Crippen LogP contribution in [0.3, 0.4) is 0 Å². The van der Waals surface area contributed by atoms with Crippen LogP contribution in [0.5, 0.6) is 0 Å². The van der Waals surface area contributed by atoms with Gasteiger partial charge in [-0.25, -0.2) is 4.98 Å². The van der Waals surface area contributed by atoms with Crippen LogP contribution in [0, 0.1) is 5.92 Å². The molecule has 0 aliphatic heterocycles. The number of hydrogen-bond acceptors (Lipinski definition) is 4. The highest BCUT2D eigenvalue weighted by Gasteiger charge is 2.15. The fourth-order valence-corrected chi connectivity index (χ4v) is 2.41. The maximum atomic E-state index is 12.0. The van der Waals surface area contributed by atoms with Gasteiger partial charge >= 0.3 is 0 Å². The predicted molar refractivity (Wildman–Crippen MR) is 86.0 cm³/mol. The Morgan fingerprint density at radius 2 is 2.11 bits per heavy atom. The largest absolute Gasteiger partial charge is 0.339 e. The Morgan fingerprint density at radius 1 is 1.47 bits per heavy atom. The fraction of sp³-hybridized carbons (Fsp3) is 0.667. The third-order valence-electron chi connectivity index (χ3n) is 2.40. The van der Waals surface area contributed by atoms with E-state index in [0.717, 1.165) is 18.0 Å².